The highest BCUT2D eigenvalue weighted by molar-refractivity contribution is 7.91. The zero-order chi connectivity index (χ0) is 44.4. The maximum absolute atomic E-state index is 16.1. The molecule has 1 saturated heterocycles. The molecule has 4 amide bonds. The van der Waals surface area contributed by atoms with Gasteiger partial charge in [-0.2, -0.15) is 8.78 Å². The number of amides is 4. The fourth-order valence-electron chi connectivity index (χ4n) is 7.38. The Morgan fingerprint density at radius 2 is 1.75 bits per heavy atom. The van der Waals surface area contributed by atoms with Crippen molar-refractivity contribution in [1.29, 1.82) is 0 Å². The van der Waals surface area contributed by atoms with E-state index in [1.807, 2.05) is 10.0 Å². The molecule has 4 aliphatic rings. The van der Waals surface area contributed by atoms with E-state index in [1.54, 1.807) is 6.92 Å². The first kappa shape index (κ1) is 46.6. The van der Waals surface area contributed by atoms with Crippen LogP contribution in [-0.2, 0) is 30.3 Å². The second kappa shape index (κ2) is 18.2. The summed E-state index contributed by atoms with van der Waals surface area (Å²) in [6.45, 7) is 8.19. The van der Waals surface area contributed by atoms with Crippen LogP contribution in [-0.4, -0.2) is 101 Å². The third-order valence-electron chi connectivity index (χ3n) is 11.4. The number of benzene rings is 1. The summed E-state index contributed by atoms with van der Waals surface area (Å²) in [4.78, 5) is 62.0. The van der Waals surface area contributed by atoms with Gasteiger partial charge in [-0.3, -0.25) is 19.1 Å². The average Bonchev–Trinajstić information content (AvgIpc) is 4.10. The zero-order valence-corrected chi connectivity index (χ0v) is 35.6. The summed E-state index contributed by atoms with van der Waals surface area (Å²) in [5.74, 6) is -8.62. The molecule has 0 radical (unpaired) electrons. The summed E-state index contributed by atoms with van der Waals surface area (Å²) >= 11 is 0. The number of carbonyl (C=O) groups excluding carboxylic acids is 3. The lowest BCUT2D eigenvalue weighted by Gasteiger charge is -2.29. The van der Waals surface area contributed by atoms with Crippen LogP contribution in [0.2, 0.25) is 0 Å². The Balaban J connectivity index is 0.00000157. The van der Waals surface area contributed by atoms with E-state index in [4.69, 9.17) is 9.47 Å². The first-order valence-electron chi connectivity index (χ1n) is 20.4. The molecule has 1 aromatic heterocycles. The third kappa shape index (κ3) is 10.7. The number of alkyl halides is 4. The Kier molecular flexibility index (Phi) is 14.2. The lowest BCUT2D eigenvalue weighted by atomic mass is 9.93. The Morgan fingerprint density at radius 1 is 1.08 bits per heavy atom. The maximum Gasteiger partial charge on any atom is 0.405 e. The van der Waals surface area contributed by atoms with Gasteiger partial charge in [0.2, 0.25) is 34.1 Å². The molecule has 2 aromatic rings. The number of hydrogen-bond acceptors (Lipinski definition) is 10. The van der Waals surface area contributed by atoms with Gasteiger partial charge in [-0.15, -0.1) is 0 Å². The molecule has 6 rings (SSSR count). The smallest absolute Gasteiger partial charge is 0.405 e. The van der Waals surface area contributed by atoms with Crippen LogP contribution in [0.5, 0.6) is 11.6 Å². The highest BCUT2D eigenvalue weighted by Crippen LogP contribution is 2.50. The van der Waals surface area contributed by atoms with Gasteiger partial charge in [0.25, 0.3) is 11.8 Å². The molecule has 1 aliphatic heterocycles. The van der Waals surface area contributed by atoms with Crippen LogP contribution in [0, 0.1) is 23.7 Å². The Bertz CT molecular complexity index is 2040. The highest BCUT2D eigenvalue weighted by Gasteiger charge is 2.67. The summed E-state index contributed by atoms with van der Waals surface area (Å²) in [5.41, 5.74) is -2.86. The van der Waals surface area contributed by atoms with Gasteiger partial charge in [-0.25, -0.2) is 32.0 Å². The van der Waals surface area contributed by atoms with Crippen LogP contribution in [0.15, 0.2) is 18.2 Å². The lowest BCUT2D eigenvalue weighted by Crippen LogP contribution is -2.59. The number of halogens is 4. The van der Waals surface area contributed by atoms with Crippen molar-refractivity contribution < 1.29 is 61.2 Å². The van der Waals surface area contributed by atoms with Gasteiger partial charge in [0.1, 0.15) is 30.0 Å². The number of likely N-dealkylation sites (tertiary alicyclic amines) is 1. The average molecular weight is 875 g/mol. The van der Waals surface area contributed by atoms with Crippen molar-refractivity contribution in [3.05, 3.63) is 23.9 Å². The number of hydrogen-bond donors (Lipinski definition) is 4. The summed E-state index contributed by atoms with van der Waals surface area (Å²) in [5, 5.41) is 13.4. The third-order valence-corrected chi connectivity index (χ3v) is 13.6. The molecule has 2 heterocycles. The molecular formula is C40H58F4N6O9S. The predicted octanol–water partition coefficient (Wildman–Crippen LogP) is 6.00. The van der Waals surface area contributed by atoms with E-state index >= 15 is 8.78 Å². The minimum atomic E-state index is -4.30. The number of sulfonamides is 1. The quantitative estimate of drug-likeness (QED) is 0.101. The molecule has 0 spiro atoms. The molecule has 0 bridgehead atoms. The van der Waals surface area contributed by atoms with E-state index < -0.39 is 118 Å². The van der Waals surface area contributed by atoms with Gasteiger partial charge >= 0.3 is 6.09 Å². The van der Waals surface area contributed by atoms with Crippen molar-refractivity contribution in [2.24, 2.45) is 23.7 Å². The van der Waals surface area contributed by atoms with Crippen LogP contribution < -0.4 is 24.8 Å². The van der Waals surface area contributed by atoms with E-state index in [1.165, 1.54) is 32.2 Å². The number of unbranched alkanes of at least 4 members (excludes halogenated alkanes) is 1. The van der Waals surface area contributed by atoms with Crippen molar-refractivity contribution in [3.8, 4) is 11.6 Å². The standard InChI is InChI=1S/C36H46F4N6O9S.C4H10.H2/c1-4-21-25(55-31-28(36(39,40)12-6-5-7-19-8-9-19)42-23-11-10-20(54-3)15-24(23)43-31)18-46(26(47)17-41-33(50)51)27(21)30(48)44-35(16-22(35)29(37)38)32(49)45-56(52,53)34(2)13-14-34;1-4(2)3;/h10-11,15,19,21-22,25,27,29,41H,4-9,12-14,16-18H2,1-3H3,(H,44,48)(H,45,49)(H,50,51);4H,1-3H3;1H/t21-,22+,25+,27+,35-;;/m1../s1. The van der Waals surface area contributed by atoms with Crippen LogP contribution in [0.3, 0.4) is 0 Å². The first-order valence-corrected chi connectivity index (χ1v) is 21.9. The van der Waals surface area contributed by atoms with Crippen LogP contribution in [0.25, 0.3) is 11.0 Å². The largest absolute Gasteiger partial charge is 0.497 e. The van der Waals surface area contributed by atoms with Crippen molar-refractivity contribution in [2.45, 2.75) is 134 Å². The normalized spacial score (nSPS) is 24.4. The van der Waals surface area contributed by atoms with Crippen LogP contribution in [0.4, 0.5) is 22.4 Å². The van der Waals surface area contributed by atoms with E-state index in [0.717, 1.165) is 30.1 Å². The Hall–Kier alpha value is -4.49. The molecule has 1 aromatic carbocycles. The summed E-state index contributed by atoms with van der Waals surface area (Å²) < 4.78 is 98.3. The maximum atomic E-state index is 16.1. The zero-order valence-electron chi connectivity index (χ0n) is 34.7. The number of carboxylic acid groups (broad SMARTS) is 1. The summed E-state index contributed by atoms with van der Waals surface area (Å²) in [6, 6.07) is 2.86. The minimum Gasteiger partial charge on any atom is -0.497 e. The van der Waals surface area contributed by atoms with Gasteiger partial charge in [0.05, 0.1) is 35.4 Å². The van der Waals surface area contributed by atoms with Crippen molar-refractivity contribution in [2.75, 3.05) is 20.2 Å². The van der Waals surface area contributed by atoms with Crippen molar-refractivity contribution in [3.63, 3.8) is 0 Å². The first-order chi connectivity index (χ1) is 28.1. The van der Waals surface area contributed by atoms with Crippen LogP contribution in [0.1, 0.15) is 106 Å². The van der Waals surface area contributed by atoms with E-state index in [0.29, 0.717) is 18.1 Å². The fraction of sp³-hybridized carbons (Fsp3) is 0.700. The molecule has 5 atom stereocenters. The monoisotopic (exact) mass is 874 g/mol. The number of carbonyl (C=O) groups is 4. The summed E-state index contributed by atoms with van der Waals surface area (Å²) in [7, 11) is -2.90. The molecule has 336 valence electrons. The van der Waals surface area contributed by atoms with Gasteiger partial charge < -0.3 is 30.1 Å². The minimum absolute atomic E-state index is 0. The Morgan fingerprint density at radius 3 is 2.30 bits per heavy atom. The SMILES string of the molecule is CC(C)C.CC[C@@H]1[C@@H](Oc2nc3cc(OC)ccc3nc2C(F)(F)CCCCC2CC2)CN(C(=O)CNC(=O)O)[C@@H]1C(=O)N[C@]1(C(=O)NS(=O)(=O)C2(C)CC2)C[C@H]1C(F)F.[HH]. The van der Waals surface area contributed by atoms with Crippen molar-refractivity contribution in [1.82, 2.24) is 30.2 Å². The highest BCUT2D eigenvalue weighted by atomic mass is 32.2. The number of fused-ring (bicyclic) bond motifs is 1. The molecule has 60 heavy (non-hydrogen) atoms. The second-order valence-corrected chi connectivity index (χ2v) is 19.4. The molecular weight excluding hydrogens is 817 g/mol. The topological polar surface area (TPSA) is 206 Å². The molecule has 4 fully saturated rings. The van der Waals surface area contributed by atoms with E-state index in [2.05, 4.69) is 36.1 Å². The number of nitrogens with zero attached hydrogens (tertiary/aromatic N) is 3. The Labute approximate surface area is 348 Å². The van der Waals surface area contributed by atoms with Gasteiger partial charge in [-0.05, 0) is 63.0 Å². The summed E-state index contributed by atoms with van der Waals surface area (Å²) in [6.07, 6.45) is -2.84. The molecule has 20 heteroatoms. The number of nitrogens with one attached hydrogen (secondary N) is 3. The molecule has 3 aliphatic carbocycles. The molecule has 0 unspecified atom stereocenters. The van der Waals surface area contributed by atoms with E-state index in [9.17, 15) is 41.5 Å². The second-order valence-electron chi connectivity index (χ2n) is 17.2. The molecule has 15 nitrogen and oxygen atoms in total. The predicted molar refractivity (Wildman–Crippen MR) is 213 cm³/mol. The fourth-order valence-corrected chi connectivity index (χ4v) is 8.69. The number of methoxy groups -OCH3 is 1. The van der Waals surface area contributed by atoms with Gasteiger partial charge in [0, 0.05) is 19.8 Å². The lowest BCUT2D eigenvalue weighted by molar-refractivity contribution is -0.140. The number of ether oxygens (including phenoxy) is 2. The molecule has 4 N–H and O–H groups in total. The molecule has 3 saturated carbocycles. The number of rotatable bonds is 18. The van der Waals surface area contributed by atoms with E-state index in [-0.39, 0.29) is 38.1 Å². The van der Waals surface area contributed by atoms with Gasteiger partial charge in [-0.1, -0.05) is 53.4 Å². The van der Waals surface area contributed by atoms with Gasteiger partial charge in [0.15, 0.2) is 5.69 Å². The van der Waals surface area contributed by atoms with Crippen LogP contribution >= 0.6 is 0 Å². The number of aromatic nitrogens is 2. The van der Waals surface area contributed by atoms with Crippen molar-refractivity contribution >= 4 is 44.9 Å².